The third kappa shape index (κ3) is 3.47. The third-order valence-electron chi connectivity index (χ3n) is 3.66. The summed E-state index contributed by atoms with van der Waals surface area (Å²) in [7, 11) is -1.79. The van der Waals surface area contributed by atoms with E-state index in [-0.39, 0.29) is 11.4 Å². The second-order valence-electron chi connectivity index (χ2n) is 5.46. The number of nitrogens with one attached hydrogen (secondary N) is 1. The van der Waals surface area contributed by atoms with Gasteiger partial charge in [-0.1, -0.05) is 30.3 Å². The van der Waals surface area contributed by atoms with Crippen LogP contribution in [0.1, 0.15) is 5.56 Å². The summed E-state index contributed by atoms with van der Waals surface area (Å²) in [4.78, 5) is 0.213. The van der Waals surface area contributed by atoms with Gasteiger partial charge in [-0.15, -0.1) is 0 Å². The smallest absolute Gasteiger partial charge is 0.240 e. The summed E-state index contributed by atoms with van der Waals surface area (Å²) in [6, 6.07) is 14.1. The molecule has 0 spiro atoms. The van der Waals surface area contributed by atoms with Gasteiger partial charge in [0.1, 0.15) is 0 Å². The average molecular weight is 342 g/mol. The molecule has 0 aliphatic rings. The molecule has 0 bridgehead atoms. The molecule has 1 aromatic heterocycles. The molecule has 0 aliphatic heterocycles. The van der Waals surface area contributed by atoms with Crippen LogP contribution in [-0.2, 0) is 23.6 Å². The first-order valence-electron chi connectivity index (χ1n) is 7.38. The average Bonchev–Trinajstić information content (AvgIpc) is 2.99. The second-order valence-corrected chi connectivity index (χ2v) is 7.23. The van der Waals surface area contributed by atoms with Crippen molar-refractivity contribution in [2.45, 2.75) is 11.4 Å². The van der Waals surface area contributed by atoms with Crippen LogP contribution in [0.4, 0.5) is 5.69 Å². The normalized spacial score (nSPS) is 11.5. The van der Waals surface area contributed by atoms with Gasteiger partial charge in [0.25, 0.3) is 0 Å². The summed E-state index contributed by atoms with van der Waals surface area (Å²) < 4.78 is 28.9. The molecule has 124 valence electrons. The molecule has 3 N–H and O–H groups in total. The van der Waals surface area contributed by atoms with Crippen molar-refractivity contribution in [2.24, 2.45) is 7.05 Å². The summed E-state index contributed by atoms with van der Waals surface area (Å²) in [6.45, 7) is 0.198. The van der Waals surface area contributed by atoms with Gasteiger partial charge in [-0.05, 0) is 23.8 Å². The summed E-state index contributed by atoms with van der Waals surface area (Å²) in [5.41, 5.74) is 9.16. The number of anilines is 1. The van der Waals surface area contributed by atoms with Gasteiger partial charge >= 0.3 is 0 Å². The molecule has 0 atom stereocenters. The van der Waals surface area contributed by atoms with E-state index in [4.69, 9.17) is 5.73 Å². The molecule has 0 amide bonds. The van der Waals surface area contributed by atoms with E-state index in [1.807, 2.05) is 24.3 Å². The van der Waals surface area contributed by atoms with E-state index in [0.717, 1.165) is 16.7 Å². The van der Waals surface area contributed by atoms with E-state index in [1.165, 1.54) is 0 Å². The molecular formula is C17H18N4O2S. The number of benzene rings is 2. The number of aromatic nitrogens is 2. The quantitative estimate of drug-likeness (QED) is 0.695. The van der Waals surface area contributed by atoms with E-state index >= 15 is 0 Å². The number of sulfonamides is 1. The maximum atomic E-state index is 12.4. The van der Waals surface area contributed by atoms with Crippen molar-refractivity contribution in [3.8, 4) is 11.1 Å². The maximum Gasteiger partial charge on any atom is 0.240 e. The molecule has 0 unspecified atom stereocenters. The highest BCUT2D eigenvalue weighted by atomic mass is 32.2. The summed E-state index contributed by atoms with van der Waals surface area (Å²) in [6.07, 6.45) is 3.40. The number of hydrogen-bond acceptors (Lipinski definition) is 4. The van der Waals surface area contributed by atoms with Crippen molar-refractivity contribution in [2.75, 3.05) is 5.73 Å². The summed E-state index contributed by atoms with van der Waals surface area (Å²) >= 11 is 0. The highest BCUT2D eigenvalue weighted by Gasteiger charge is 2.14. The maximum absolute atomic E-state index is 12.4. The van der Waals surface area contributed by atoms with Crippen LogP contribution in [0.25, 0.3) is 11.1 Å². The number of para-hydroxylation sites is 1. The van der Waals surface area contributed by atoms with Crippen molar-refractivity contribution in [3.63, 3.8) is 0 Å². The number of nitrogens with two attached hydrogens (primary N) is 1. The first kappa shape index (κ1) is 16.2. The standard InChI is InChI=1S/C17H18N4O2S/c1-21-12-13(10-19-21)11-20-24(22,23)15-8-6-14(7-9-15)16-4-2-3-5-17(16)18/h2-10,12,20H,11,18H2,1H3. The Morgan fingerprint density at radius 2 is 1.83 bits per heavy atom. The molecular weight excluding hydrogens is 324 g/mol. The number of aryl methyl sites for hydroxylation is 1. The molecule has 0 aliphatic carbocycles. The number of rotatable bonds is 5. The van der Waals surface area contributed by atoms with Gasteiger partial charge in [0, 0.05) is 36.6 Å². The lowest BCUT2D eigenvalue weighted by Crippen LogP contribution is -2.23. The Bertz CT molecular complexity index is 947. The molecule has 1 heterocycles. The topological polar surface area (TPSA) is 90.0 Å². The molecule has 0 fully saturated rings. The molecule has 3 rings (SSSR count). The van der Waals surface area contributed by atoms with Crippen LogP contribution in [-0.4, -0.2) is 18.2 Å². The van der Waals surface area contributed by atoms with Crippen LogP contribution in [0.3, 0.4) is 0 Å². The molecule has 2 aromatic carbocycles. The van der Waals surface area contributed by atoms with Crippen molar-refractivity contribution >= 4 is 15.7 Å². The van der Waals surface area contributed by atoms with Crippen LogP contribution in [0.2, 0.25) is 0 Å². The zero-order valence-corrected chi connectivity index (χ0v) is 14.0. The lowest BCUT2D eigenvalue weighted by Gasteiger charge is -2.08. The van der Waals surface area contributed by atoms with E-state index in [1.54, 1.807) is 48.4 Å². The zero-order valence-electron chi connectivity index (χ0n) is 13.2. The van der Waals surface area contributed by atoms with Crippen molar-refractivity contribution in [1.82, 2.24) is 14.5 Å². The Hall–Kier alpha value is -2.64. The van der Waals surface area contributed by atoms with Gasteiger partial charge in [-0.3, -0.25) is 4.68 Å². The predicted octanol–water partition coefficient (Wildman–Crippen LogP) is 2.15. The predicted molar refractivity (Wildman–Crippen MR) is 93.5 cm³/mol. The summed E-state index contributed by atoms with van der Waals surface area (Å²) in [5.74, 6) is 0. The lowest BCUT2D eigenvalue weighted by molar-refractivity contribution is 0.581. The van der Waals surface area contributed by atoms with Crippen LogP contribution in [0.15, 0.2) is 65.8 Å². The molecule has 6 nitrogen and oxygen atoms in total. The minimum atomic E-state index is -3.58. The van der Waals surface area contributed by atoms with Gasteiger partial charge in [0.2, 0.25) is 10.0 Å². The van der Waals surface area contributed by atoms with E-state index in [0.29, 0.717) is 5.69 Å². The Morgan fingerprint density at radius 1 is 1.12 bits per heavy atom. The fraction of sp³-hybridized carbons (Fsp3) is 0.118. The fourth-order valence-corrected chi connectivity index (χ4v) is 3.42. The van der Waals surface area contributed by atoms with Crippen molar-refractivity contribution in [1.29, 1.82) is 0 Å². The highest BCUT2D eigenvalue weighted by molar-refractivity contribution is 7.89. The lowest BCUT2D eigenvalue weighted by atomic mass is 10.0. The largest absolute Gasteiger partial charge is 0.398 e. The SMILES string of the molecule is Cn1cc(CNS(=O)(=O)c2ccc(-c3ccccc3N)cc2)cn1. The zero-order chi connectivity index (χ0) is 17.2. The summed E-state index contributed by atoms with van der Waals surface area (Å²) in [5, 5.41) is 4.01. The first-order valence-corrected chi connectivity index (χ1v) is 8.86. The van der Waals surface area contributed by atoms with E-state index in [9.17, 15) is 8.42 Å². The molecule has 0 saturated heterocycles. The number of nitrogens with zero attached hydrogens (tertiary/aromatic N) is 2. The molecule has 0 radical (unpaired) electrons. The van der Waals surface area contributed by atoms with Crippen LogP contribution in [0, 0.1) is 0 Å². The number of hydrogen-bond donors (Lipinski definition) is 2. The molecule has 0 saturated carbocycles. The van der Waals surface area contributed by atoms with Crippen LogP contribution >= 0.6 is 0 Å². The second kappa shape index (κ2) is 6.46. The van der Waals surface area contributed by atoms with Gasteiger partial charge in [-0.25, -0.2) is 13.1 Å². The highest BCUT2D eigenvalue weighted by Crippen LogP contribution is 2.26. The number of nitrogen functional groups attached to an aromatic ring is 1. The van der Waals surface area contributed by atoms with Crippen LogP contribution < -0.4 is 10.5 Å². The monoisotopic (exact) mass is 342 g/mol. The van der Waals surface area contributed by atoms with E-state index in [2.05, 4.69) is 9.82 Å². The molecule has 3 aromatic rings. The van der Waals surface area contributed by atoms with Crippen molar-refractivity contribution < 1.29 is 8.42 Å². The van der Waals surface area contributed by atoms with Crippen LogP contribution in [0.5, 0.6) is 0 Å². The Morgan fingerprint density at radius 3 is 2.46 bits per heavy atom. The van der Waals surface area contributed by atoms with E-state index < -0.39 is 10.0 Å². The minimum absolute atomic E-state index is 0.198. The first-order chi connectivity index (χ1) is 11.5. The fourth-order valence-electron chi connectivity index (χ4n) is 2.40. The third-order valence-corrected chi connectivity index (χ3v) is 5.08. The van der Waals surface area contributed by atoms with Gasteiger partial charge < -0.3 is 5.73 Å². The van der Waals surface area contributed by atoms with Crippen molar-refractivity contribution in [3.05, 3.63) is 66.5 Å². The molecule has 7 heteroatoms. The van der Waals surface area contributed by atoms with Gasteiger partial charge in [-0.2, -0.15) is 5.10 Å². The Kier molecular flexibility index (Phi) is 4.37. The van der Waals surface area contributed by atoms with Gasteiger partial charge in [0.15, 0.2) is 0 Å². The van der Waals surface area contributed by atoms with Gasteiger partial charge in [0.05, 0.1) is 11.1 Å². The Labute approximate surface area is 141 Å². The minimum Gasteiger partial charge on any atom is -0.398 e. The molecule has 24 heavy (non-hydrogen) atoms. The Balaban J connectivity index is 1.78.